The predicted molar refractivity (Wildman–Crippen MR) is 88.8 cm³/mol. The van der Waals surface area contributed by atoms with Crippen molar-refractivity contribution in [1.82, 2.24) is 10.4 Å². The number of nitrogens with zero attached hydrogens (tertiary/aromatic N) is 2. The molecule has 0 radical (unpaired) electrons. The standard InChI is InChI=1S/C18H20FN3/c1-15(16-7-9-17(19)10-8-16)20-22-13-11-21(12-14-22)18-5-3-2-4-6-18/h2-10,20H,1,11-14H2. The minimum absolute atomic E-state index is 0.229. The Morgan fingerprint density at radius 2 is 1.55 bits per heavy atom. The molecule has 0 atom stereocenters. The summed E-state index contributed by atoms with van der Waals surface area (Å²) in [6.07, 6.45) is 0. The Bertz CT molecular complexity index is 617. The largest absolute Gasteiger partial charge is 0.369 e. The summed E-state index contributed by atoms with van der Waals surface area (Å²) in [5, 5.41) is 2.16. The van der Waals surface area contributed by atoms with E-state index in [2.05, 4.69) is 46.2 Å². The molecule has 0 aromatic heterocycles. The van der Waals surface area contributed by atoms with Gasteiger partial charge >= 0.3 is 0 Å². The Morgan fingerprint density at radius 3 is 2.18 bits per heavy atom. The number of benzene rings is 2. The fraction of sp³-hybridized carbons (Fsp3) is 0.222. The average molecular weight is 297 g/mol. The van der Waals surface area contributed by atoms with E-state index in [0.717, 1.165) is 37.4 Å². The predicted octanol–water partition coefficient (Wildman–Crippen LogP) is 3.12. The average Bonchev–Trinajstić information content (AvgIpc) is 2.57. The van der Waals surface area contributed by atoms with Crippen molar-refractivity contribution < 1.29 is 4.39 Å². The molecule has 4 heteroatoms. The zero-order valence-corrected chi connectivity index (χ0v) is 12.5. The van der Waals surface area contributed by atoms with Crippen molar-refractivity contribution in [1.29, 1.82) is 0 Å². The summed E-state index contributed by atoms with van der Waals surface area (Å²) in [4.78, 5) is 2.37. The summed E-state index contributed by atoms with van der Waals surface area (Å²) >= 11 is 0. The first kappa shape index (κ1) is 14.6. The van der Waals surface area contributed by atoms with E-state index in [9.17, 15) is 4.39 Å². The third-order valence-corrected chi connectivity index (χ3v) is 3.89. The summed E-state index contributed by atoms with van der Waals surface area (Å²) in [6, 6.07) is 16.8. The maximum Gasteiger partial charge on any atom is 0.123 e. The van der Waals surface area contributed by atoms with E-state index in [4.69, 9.17) is 0 Å². The molecule has 3 nitrogen and oxygen atoms in total. The summed E-state index contributed by atoms with van der Waals surface area (Å²) in [5.74, 6) is -0.229. The molecule has 1 aliphatic rings. The van der Waals surface area contributed by atoms with Crippen LogP contribution in [0.3, 0.4) is 0 Å². The van der Waals surface area contributed by atoms with E-state index in [1.807, 2.05) is 6.07 Å². The number of para-hydroxylation sites is 1. The lowest BCUT2D eigenvalue weighted by Crippen LogP contribution is -2.51. The van der Waals surface area contributed by atoms with Crippen LogP contribution in [0, 0.1) is 5.82 Å². The number of rotatable bonds is 4. The molecule has 0 saturated carbocycles. The molecular formula is C18H20FN3. The molecular weight excluding hydrogens is 277 g/mol. The van der Waals surface area contributed by atoms with Gasteiger partial charge in [-0.15, -0.1) is 0 Å². The molecule has 3 rings (SSSR count). The van der Waals surface area contributed by atoms with Crippen LogP contribution in [0.25, 0.3) is 5.70 Å². The number of hydrogen-bond donors (Lipinski definition) is 1. The summed E-state index contributed by atoms with van der Waals surface area (Å²) in [7, 11) is 0. The molecule has 0 bridgehead atoms. The number of anilines is 1. The van der Waals surface area contributed by atoms with Crippen LogP contribution in [0.2, 0.25) is 0 Å². The van der Waals surface area contributed by atoms with Gasteiger partial charge in [0.15, 0.2) is 0 Å². The summed E-state index contributed by atoms with van der Waals surface area (Å²) < 4.78 is 12.9. The molecule has 2 aromatic carbocycles. The van der Waals surface area contributed by atoms with Crippen LogP contribution >= 0.6 is 0 Å². The Hall–Kier alpha value is -2.33. The molecule has 22 heavy (non-hydrogen) atoms. The second-order valence-electron chi connectivity index (χ2n) is 5.41. The van der Waals surface area contributed by atoms with Crippen molar-refractivity contribution >= 4 is 11.4 Å². The minimum Gasteiger partial charge on any atom is -0.369 e. The second kappa shape index (κ2) is 6.62. The molecule has 1 aliphatic heterocycles. The van der Waals surface area contributed by atoms with Gasteiger partial charge in [0, 0.05) is 37.6 Å². The van der Waals surface area contributed by atoms with Gasteiger partial charge in [-0.05, 0) is 42.0 Å². The molecule has 0 unspecified atom stereocenters. The lowest BCUT2D eigenvalue weighted by molar-refractivity contribution is 0.215. The van der Waals surface area contributed by atoms with Crippen molar-refractivity contribution in [2.75, 3.05) is 31.1 Å². The quantitative estimate of drug-likeness (QED) is 0.935. The minimum atomic E-state index is -0.229. The lowest BCUT2D eigenvalue weighted by Gasteiger charge is -2.36. The van der Waals surface area contributed by atoms with Crippen LogP contribution in [0.4, 0.5) is 10.1 Å². The molecule has 1 saturated heterocycles. The van der Waals surface area contributed by atoms with Crippen molar-refractivity contribution in [3.8, 4) is 0 Å². The highest BCUT2D eigenvalue weighted by Gasteiger charge is 2.17. The lowest BCUT2D eigenvalue weighted by atomic mass is 10.2. The van der Waals surface area contributed by atoms with Gasteiger partial charge in [-0.25, -0.2) is 9.40 Å². The zero-order valence-electron chi connectivity index (χ0n) is 12.5. The van der Waals surface area contributed by atoms with Gasteiger partial charge in [0.25, 0.3) is 0 Å². The molecule has 1 fully saturated rings. The van der Waals surface area contributed by atoms with Gasteiger partial charge in [-0.2, -0.15) is 0 Å². The van der Waals surface area contributed by atoms with Gasteiger partial charge in [-0.3, -0.25) is 0 Å². The first-order chi connectivity index (χ1) is 10.7. The number of piperazine rings is 1. The Kier molecular flexibility index (Phi) is 4.39. The number of hydrogen-bond acceptors (Lipinski definition) is 3. The van der Waals surface area contributed by atoms with Crippen molar-refractivity contribution in [3.63, 3.8) is 0 Å². The maximum atomic E-state index is 12.9. The Balaban J connectivity index is 1.53. The van der Waals surface area contributed by atoms with E-state index >= 15 is 0 Å². The molecule has 114 valence electrons. The van der Waals surface area contributed by atoms with Crippen molar-refractivity contribution in [3.05, 3.63) is 72.6 Å². The molecule has 0 spiro atoms. The van der Waals surface area contributed by atoms with E-state index in [1.165, 1.54) is 17.8 Å². The molecule has 2 aromatic rings. The fourth-order valence-corrected chi connectivity index (χ4v) is 2.62. The van der Waals surface area contributed by atoms with Crippen LogP contribution in [-0.2, 0) is 0 Å². The van der Waals surface area contributed by atoms with Gasteiger partial charge < -0.3 is 10.3 Å². The van der Waals surface area contributed by atoms with E-state index in [1.54, 1.807) is 12.1 Å². The highest BCUT2D eigenvalue weighted by Crippen LogP contribution is 2.16. The van der Waals surface area contributed by atoms with Crippen LogP contribution in [0.1, 0.15) is 5.56 Å². The highest BCUT2D eigenvalue weighted by atomic mass is 19.1. The summed E-state index contributed by atoms with van der Waals surface area (Å²) in [6.45, 7) is 7.79. The first-order valence-corrected chi connectivity index (χ1v) is 7.49. The van der Waals surface area contributed by atoms with E-state index < -0.39 is 0 Å². The van der Waals surface area contributed by atoms with Gasteiger partial charge in [0.2, 0.25) is 0 Å². The first-order valence-electron chi connectivity index (χ1n) is 7.49. The fourth-order valence-electron chi connectivity index (χ4n) is 2.62. The van der Waals surface area contributed by atoms with Gasteiger partial charge in [0.05, 0.1) is 0 Å². The third kappa shape index (κ3) is 3.46. The van der Waals surface area contributed by atoms with Crippen molar-refractivity contribution in [2.45, 2.75) is 0 Å². The molecule has 1 heterocycles. The molecule has 1 N–H and O–H groups in total. The molecule has 0 aliphatic carbocycles. The monoisotopic (exact) mass is 297 g/mol. The number of halogens is 1. The van der Waals surface area contributed by atoms with Gasteiger partial charge in [0.1, 0.15) is 5.82 Å². The zero-order chi connectivity index (χ0) is 15.4. The second-order valence-corrected chi connectivity index (χ2v) is 5.41. The number of hydrazine groups is 1. The Labute approximate surface area is 130 Å². The van der Waals surface area contributed by atoms with Crippen LogP contribution in [-0.4, -0.2) is 31.2 Å². The van der Waals surface area contributed by atoms with Crippen LogP contribution in [0.5, 0.6) is 0 Å². The number of nitrogens with one attached hydrogen (secondary N) is 1. The topological polar surface area (TPSA) is 18.5 Å². The normalized spacial score (nSPS) is 15.6. The van der Waals surface area contributed by atoms with E-state index in [-0.39, 0.29) is 5.82 Å². The Morgan fingerprint density at radius 1 is 0.909 bits per heavy atom. The third-order valence-electron chi connectivity index (χ3n) is 3.89. The smallest absolute Gasteiger partial charge is 0.123 e. The summed E-state index contributed by atoms with van der Waals surface area (Å²) in [5.41, 5.74) is 6.29. The van der Waals surface area contributed by atoms with Crippen LogP contribution in [0.15, 0.2) is 61.2 Å². The SMILES string of the molecule is C=C(NN1CCN(c2ccccc2)CC1)c1ccc(F)cc1. The maximum absolute atomic E-state index is 12.9. The van der Waals surface area contributed by atoms with Gasteiger partial charge in [-0.1, -0.05) is 24.8 Å². The van der Waals surface area contributed by atoms with Crippen molar-refractivity contribution in [2.24, 2.45) is 0 Å². The molecule has 0 amide bonds. The highest BCUT2D eigenvalue weighted by molar-refractivity contribution is 5.61. The van der Waals surface area contributed by atoms with E-state index in [0.29, 0.717) is 0 Å². The van der Waals surface area contributed by atoms with Crippen LogP contribution < -0.4 is 10.3 Å².